The third-order valence-corrected chi connectivity index (χ3v) is 2.70. The minimum atomic E-state index is -0.0682. The van der Waals surface area contributed by atoms with Gasteiger partial charge in [-0.2, -0.15) is 0 Å². The Balaban J connectivity index is 2.97. The number of halogens is 2. The maximum Gasteiger partial charge on any atom is 0.0384 e. The Morgan fingerprint density at radius 3 is 2.29 bits per heavy atom. The van der Waals surface area contributed by atoms with E-state index in [2.05, 4.69) is 43.1 Å². The topological polar surface area (TPSA) is 0 Å². The van der Waals surface area contributed by atoms with Gasteiger partial charge in [0.25, 0.3) is 0 Å². The fraction of sp³-hybridized carbons (Fsp3) is 0.500. The van der Waals surface area contributed by atoms with E-state index in [1.54, 1.807) is 0 Å². The molecule has 0 nitrogen and oxygen atoms in total. The van der Waals surface area contributed by atoms with Gasteiger partial charge in [-0.25, -0.2) is 0 Å². The van der Waals surface area contributed by atoms with Gasteiger partial charge < -0.3 is 0 Å². The number of hydrogen-bond acceptors (Lipinski definition) is 0. The van der Waals surface area contributed by atoms with E-state index in [9.17, 15) is 0 Å². The van der Waals surface area contributed by atoms with E-state index in [-0.39, 0.29) is 5.33 Å². The van der Waals surface area contributed by atoms with Gasteiger partial charge in [0.2, 0.25) is 0 Å². The largest absolute Gasteiger partial charge is 0.0913 e. The van der Waals surface area contributed by atoms with Crippen LogP contribution in [0.3, 0.4) is 0 Å². The van der Waals surface area contributed by atoms with E-state index in [1.165, 1.54) is 0 Å². The van der Waals surface area contributed by atoms with Crippen LogP contribution in [-0.4, -0.2) is 6.16 Å². The molecule has 0 aliphatic heterocycles. The van der Waals surface area contributed by atoms with Gasteiger partial charge in [0.05, 0.1) is 0 Å². The van der Waals surface area contributed by atoms with Gasteiger partial charge in [0.1, 0.15) is 0 Å². The molecule has 0 amide bonds. The summed E-state index contributed by atoms with van der Waals surface area (Å²) in [6.07, 6.45) is 5.30. The van der Waals surface area contributed by atoms with Crippen LogP contribution in [0.1, 0.15) is 6.92 Å². The standard InChI is InChI=1S/C4H7Br2P/c1-2-3-4-7(5)6/h2-3H,4H2,1H3/b3-2+. The Labute approximate surface area is 61.6 Å². The van der Waals surface area contributed by atoms with Gasteiger partial charge in [-0.15, -0.1) is 0 Å². The zero-order chi connectivity index (χ0) is 5.70. The number of hydrogen-bond donors (Lipinski definition) is 0. The van der Waals surface area contributed by atoms with Crippen LogP contribution in [0.5, 0.6) is 0 Å². The summed E-state index contributed by atoms with van der Waals surface area (Å²) in [6, 6.07) is 0. The van der Waals surface area contributed by atoms with Crippen LogP contribution in [0.25, 0.3) is 0 Å². The Kier molecular flexibility index (Phi) is 6.12. The molecule has 0 aliphatic carbocycles. The molecular formula is C4H7Br2P. The van der Waals surface area contributed by atoms with Crippen molar-refractivity contribution in [2.24, 2.45) is 0 Å². The normalized spacial score (nSPS) is 11.4. The highest BCUT2D eigenvalue weighted by molar-refractivity contribution is 9.69. The van der Waals surface area contributed by atoms with Gasteiger partial charge in [-0.05, 0) is 37.9 Å². The molecule has 7 heavy (non-hydrogen) atoms. The molecule has 0 radical (unpaired) electrons. The Bertz CT molecular complexity index is 60.7. The molecule has 0 saturated carbocycles. The van der Waals surface area contributed by atoms with Gasteiger partial charge >= 0.3 is 0 Å². The third kappa shape index (κ3) is 7.13. The second-order valence-electron chi connectivity index (χ2n) is 1.05. The molecule has 0 N–H and O–H groups in total. The van der Waals surface area contributed by atoms with E-state index >= 15 is 0 Å². The molecule has 0 rings (SSSR count). The van der Waals surface area contributed by atoms with Crippen molar-refractivity contribution in [2.75, 3.05) is 6.16 Å². The first-order valence-corrected chi connectivity index (χ1v) is 7.54. The summed E-state index contributed by atoms with van der Waals surface area (Å²) in [5.74, 6) is 0. The highest BCUT2D eigenvalue weighted by atomic mass is 79.9. The molecule has 0 spiro atoms. The molecule has 3 heteroatoms. The summed E-state index contributed by atoms with van der Waals surface area (Å²) in [5.41, 5.74) is 0. The lowest BCUT2D eigenvalue weighted by Gasteiger charge is -1.89. The molecule has 0 aromatic rings. The zero-order valence-electron chi connectivity index (χ0n) is 4.06. The average molecular weight is 246 g/mol. The highest BCUT2D eigenvalue weighted by Gasteiger charge is 1.88. The van der Waals surface area contributed by atoms with Crippen LogP contribution >= 0.6 is 36.3 Å². The summed E-state index contributed by atoms with van der Waals surface area (Å²) >= 11 is 6.81. The van der Waals surface area contributed by atoms with Gasteiger partial charge in [-0.1, -0.05) is 12.2 Å². The van der Waals surface area contributed by atoms with Crippen molar-refractivity contribution in [3.05, 3.63) is 12.2 Å². The number of allylic oxidation sites excluding steroid dienone is 2. The Morgan fingerprint density at radius 1 is 1.57 bits per heavy atom. The van der Waals surface area contributed by atoms with E-state index in [1.807, 2.05) is 6.92 Å². The second kappa shape index (κ2) is 5.27. The molecule has 0 bridgehead atoms. The Morgan fingerprint density at radius 2 is 2.14 bits per heavy atom. The first-order valence-electron chi connectivity index (χ1n) is 1.97. The summed E-state index contributed by atoms with van der Waals surface area (Å²) in [6.45, 7) is 2.03. The third-order valence-electron chi connectivity index (χ3n) is 0.479. The van der Waals surface area contributed by atoms with E-state index in [4.69, 9.17) is 0 Å². The molecule has 0 unspecified atom stereocenters. The first kappa shape index (κ1) is 8.13. The van der Waals surface area contributed by atoms with Crippen LogP contribution < -0.4 is 0 Å². The van der Waals surface area contributed by atoms with Gasteiger partial charge in [-0.3, -0.25) is 0 Å². The lowest BCUT2D eigenvalue weighted by atomic mass is 10.6. The summed E-state index contributed by atoms with van der Waals surface area (Å²) in [5, 5.41) is -0.0682. The predicted octanol–water partition coefficient (Wildman–Crippen LogP) is 3.66. The predicted molar refractivity (Wildman–Crippen MR) is 44.5 cm³/mol. The summed E-state index contributed by atoms with van der Waals surface area (Å²) in [4.78, 5) is 0. The van der Waals surface area contributed by atoms with E-state index < -0.39 is 0 Å². The second-order valence-corrected chi connectivity index (χ2v) is 10.0. The minimum absolute atomic E-state index is 0.0682. The molecule has 0 heterocycles. The van der Waals surface area contributed by atoms with Crippen LogP contribution in [0.15, 0.2) is 12.2 Å². The molecule has 42 valence electrons. The molecular weight excluding hydrogens is 239 g/mol. The maximum atomic E-state index is 3.41. The molecule has 0 aromatic heterocycles. The van der Waals surface area contributed by atoms with Crippen molar-refractivity contribution in [2.45, 2.75) is 6.92 Å². The Hall–Kier alpha value is 1.13. The van der Waals surface area contributed by atoms with Crippen molar-refractivity contribution in [1.82, 2.24) is 0 Å². The van der Waals surface area contributed by atoms with Crippen molar-refractivity contribution >= 4 is 36.3 Å². The molecule has 0 aromatic carbocycles. The van der Waals surface area contributed by atoms with Crippen LogP contribution in [-0.2, 0) is 0 Å². The molecule has 0 aliphatic rings. The lowest BCUT2D eigenvalue weighted by molar-refractivity contribution is 1.66. The number of rotatable bonds is 2. The van der Waals surface area contributed by atoms with E-state index in [0.717, 1.165) is 6.16 Å². The molecule has 0 fully saturated rings. The quantitative estimate of drug-likeness (QED) is 0.515. The van der Waals surface area contributed by atoms with Gasteiger partial charge in [0, 0.05) is 11.5 Å². The fourth-order valence-corrected chi connectivity index (χ4v) is 1.56. The van der Waals surface area contributed by atoms with Crippen LogP contribution in [0, 0.1) is 0 Å². The molecule has 0 atom stereocenters. The lowest BCUT2D eigenvalue weighted by Crippen LogP contribution is -1.58. The highest BCUT2D eigenvalue weighted by Crippen LogP contribution is 2.51. The van der Waals surface area contributed by atoms with Crippen molar-refractivity contribution in [3.8, 4) is 0 Å². The first-order chi connectivity index (χ1) is 3.27. The van der Waals surface area contributed by atoms with Crippen molar-refractivity contribution in [3.63, 3.8) is 0 Å². The molecule has 0 saturated heterocycles. The maximum absolute atomic E-state index is 3.41. The van der Waals surface area contributed by atoms with Crippen LogP contribution in [0.4, 0.5) is 0 Å². The SMILES string of the molecule is C/C=C/CP(Br)Br. The zero-order valence-corrected chi connectivity index (χ0v) is 8.13. The van der Waals surface area contributed by atoms with E-state index in [0.29, 0.717) is 0 Å². The minimum Gasteiger partial charge on any atom is -0.0913 e. The van der Waals surface area contributed by atoms with Crippen molar-refractivity contribution in [1.29, 1.82) is 0 Å². The van der Waals surface area contributed by atoms with Crippen molar-refractivity contribution < 1.29 is 0 Å². The fourth-order valence-electron chi connectivity index (χ4n) is 0.185. The summed E-state index contributed by atoms with van der Waals surface area (Å²) in [7, 11) is 0. The summed E-state index contributed by atoms with van der Waals surface area (Å²) < 4.78 is 0. The van der Waals surface area contributed by atoms with Gasteiger partial charge in [0.15, 0.2) is 0 Å². The smallest absolute Gasteiger partial charge is 0.0384 e. The average Bonchev–Trinajstić information content (AvgIpc) is 1.61. The monoisotopic (exact) mass is 244 g/mol. The van der Waals surface area contributed by atoms with Crippen LogP contribution in [0.2, 0.25) is 0 Å².